The number of likely N-dealkylation sites (tertiary alicyclic amines) is 1. The summed E-state index contributed by atoms with van der Waals surface area (Å²) in [5, 5.41) is 8.86. The van der Waals surface area contributed by atoms with Gasteiger partial charge in [0, 0.05) is 25.4 Å². The molecule has 124 valence electrons. The highest BCUT2D eigenvalue weighted by Gasteiger charge is 2.30. The summed E-state index contributed by atoms with van der Waals surface area (Å²) in [4.78, 5) is 13.0. The van der Waals surface area contributed by atoms with Gasteiger partial charge in [-0.1, -0.05) is 6.92 Å². The fourth-order valence-corrected chi connectivity index (χ4v) is 3.13. The Labute approximate surface area is 124 Å². The zero-order valence-electron chi connectivity index (χ0n) is 12.8. The van der Waals surface area contributed by atoms with Crippen molar-refractivity contribution in [1.82, 2.24) is 4.90 Å². The lowest BCUT2D eigenvalue weighted by Gasteiger charge is -2.39. The molecule has 6 heteroatoms. The second kappa shape index (κ2) is 8.01. The van der Waals surface area contributed by atoms with Gasteiger partial charge < -0.3 is 10.0 Å². The van der Waals surface area contributed by atoms with Crippen LogP contribution in [0.15, 0.2) is 0 Å². The molecule has 3 atom stereocenters. The van der Waals surface area contributed by atoms with E-state index >= 15 is 0 Å². The van der Waals surface area contributed by atoms with E-state index in [4.69, 9.17) is 5.11 Å². The first kappa shape index (κ1) is 18.3. The summed E-state index contributed by atoms with van der Waals surface area (Å²) in [6.45, 7) is 5.64. The number of nitrogens with zero attached hydrogens (tertiary/aromatic N) is 1. The van der Waals surface area contributed by atoms with Crippen LogP contribution in [0.1, 0.15) is 52.4 Å². The van der Waals surface area contributed by atoms with Crippen molar-refractivity contribution < 1.29 is 23.1 Å². The number of hydrogen-bond acceptors (Lipinski definition) is 2. The van der Waals surface area contributed by atoms with E-state index in [1.54, 1.807) is 0 Å². The highest BCUT2D eigenvalue weighted by molar-refractivity contribution is 5.67. The molecule has 1 aliphatic heterocycles. The van der Waals surface area contributed by atoms with Crippen LogP contribution in [0, 0.1) is 11.8 Å². The quantitative estimate of drug-likeness (QED) is 0.774. The van der Waals surface area contributed by atoms with Gasteiger partial charge in [-0.15, -0.1) is 0 Å². The van der Waals surface area contributed by atoms with Crippen molar-refractivity contribution in [2.24, 2.45) is 11.8 Å². The van der Waals surface area contributed by atoms with Crippen LogP contribution in [-0.2, 0) is 4.79 Å². The van der Waals surface area contributed by atoms with Crippen LogP contribution < -0.4 is 0 Å². The van der Waals surface area contributed by atoms with Gasteiger partial charge in [-0.3, -0.25) is 4.79 Å². The van der Waals surface area contributed by atoms with Crippen LogP contribution >= 0.6 is 0 Å². The minimum atomic E-state index is -4.07. The number of piperidine rings is 1. The van der Waals surface area contributed by atoms with Crippen LogP contribution in [0.2, 0.25) is 0 Å². The summed E-state index contributed by atoms with van der Waals surface area (Å²) in [5.41, 5.74) is 0. The van der Waals surface area contributed by atoms with Gasteiger partial charge in [0.05, 0.1) is 0 Å². The number of carbonyl (C=O) groups is 1. The summed E-state index contributed by atoms with van der Waals surface area (Å²) in [6, 6.07) is 0.132. The maximum Gasteiger partial charge on any atom is 0.389 e. The molecule has 3 nitrogen and oxygen atoms in total. The van der Waals surface area contributed by atoms with Crippen LogP contribution in [0.25, 0.3) is 0 Å². The SMILES string of the molecule is CC(CC(=O)O)C1CCCN(C(C)CCCC(F)(F)F)C1. The smallest absolute Gasteiger partial charge is 0.389 e. The normalized spacial score (nSPS) is 23.8. The average Bonchev–Trinajstić information content (AvgIpc) is 2.36. The summed E-state index contributed by atoms with van der Waals surface area (Å²) in [5.74, 6) is -0.328. The summed E-state index contributed by atoms with van der Waals surface area (Å²) in [6.07, 6.45) is -1.90. The standard InChI is InChI=1S/C15H26F3NO2/c1-11(9-14(20)21)13-6-4-8-19(10-13)12(2)5-3-7-15(16,17)18/h11-13H,3-10H2,1-2H3,(H,20,21). The Balaban J connectivity index is 2.39. The number of hydrogen-bond donors (Lipinski definition) is 1. The van der Waals surface area contributed by atoms with Crippen molar-refractivity contribution in [3.05, 3.63) is 0 Å². The van der Waals surface area contributed by atoms with Gasteiger partial charge in [0.1, 0.15) is 0 Å². The molecule has 1 heterocycles. The highest BCUT2D eigenvalue weighted by atomic mass is 19.4. The Kier molecular flexibility index (Phi) is 6.97. The van der Waals surface area contributed by atoms with E-state index in [-0.39, 0.29) is 24.8 Å². The maximum absolute atomic E-state index is 12.2. The van der Waals surface area contributed by atoms with Crippen molar-refractivity contribution in [3.63, 3.8) is 0 Å². The largest absolute Gasteiger partial charge is 0.481 e. The van der Waals surface area contributed by atoms with Gasteiger partial charge in [-0.2, -0.15) is 13.2 Å². The van der Waals surface area contributed by atoms with E-state index in [0.717, 1.165) is 25.9 Å². The first-order chi connectivity index (χ1) is 9.69. The van der Waals surface area contributed by atoms with Gasteiger partial charge >= 0.3 is 12.1 Å². The van der Waals surface area contributed by atoms with Gasteiger partial charge in [-0.25, -0.2) is 0 Å². The number of carboxylic acids is 1. The lowest BCUT2D eigenvalue weighted by Crippen LogP contribution is -2.43. The lowest BCUT2D eigenvalue weighted by atomic mass is 9.84. The number of alkyl halides is 3. The van der Waals surface area contributed by atoms with Crippen LogP contribution in [0.3, 0.4) is 0 Å². The molecule has 0 radical (unpaired) electrons. The van der Waals surface area contributed by atoms with Crippen LogP contribution in [0.4, 0.5) is 13.2 Å². The zero-order valence-corrected chi connectivity index (χ0v) is 12.8. The van der Waals surface area contributed by atoms with Crippen molar-refractivity contribution in [3.8, 4) is 0 Å². The lowest BCUT2D eigenvalue weighted by molar-refractivity contribution is -0.138. The second-order valence-electron chi connectivity index (χ2n) is 6.33. The Morgan fingerprint density at radius 1 is 1.38 bits per heavy atom. The van der Waals surface area contributed by atoms with Gasteiger partial charge in [0.2, 0.25) is 0 Å². The van der Waals surface area contributed by atoms with Gasteiger partial charge in [-0.05, 0) is 51.0 Å². The maximum atomic E-state index is 12.2. The van der Waals surface area contributed by atoms with Crippen LogP contribution in [0.5, 0.6) is 0 Å². The number of rotatable bonds is 7. The van der Waals surface area contributed by atoms with Crippen molar-refractivity contribution >= 4 is 5.97 Å². The van der Waals surface area contributed by atoms with E-state index in [1.165, 1.54) is 0 Å². The summed E-state index contributed by atoms with van der Waals surface area (Å²) in [7, 11) is 0. The molecular weight excluding hydrogens is 283 g/mol. The summed E-state index contributed by atoms with van der Waals surface area (Å²) >= 11 is 0. The molecule has 0 bridgehead atoms. The predicted octanol–water partition coefficient (Wildman–Crippen LogP) is 3.93. The Bertz CT molecular complexity index is 333. The van der Waals surface area contributed by atoms with Gasteiger partial charge in [0.25, 0.3) is 0 Å². The minimum absolute atomic E-state index is 0.118. The number of halogens is 3. The van der Waals surface area contributed by atoms with Crippen LogP contribution in [-0.4, -0.2) is 41.3 Å². The first-order valence-electron chi connectivity index (χ1n) is 7.71. The molecule has 0 saturated carbocycles. The Morgan fingerprint density at radius 3 is 2.62 bits per heavy atom. The number of aliphatic carboxylic acids is 1. The predicted molar refractivity (Wildman–Crippen MR) is 75.1 cm³/mol. The van der Waals surface area contributed by atoms with Gasteiger partial charge in [0.15, 0.2) is 0 Å². The van der Waals surface area contributed by atoms with E-state index in [9.17, 15) is 18.0 Å². The third-order valence-electron chi connectivity index (χ3n) is 4.50. The summed E-state index contributed by atoms with van der Waals surface area (Å²) < 4.78 is 36.5. The first-order valence-corrected chi connectivity index (χ1v) is 7.71. The molecule has 1 N–H and O–H groups in total. The molecule has 0 aliphatic carbocycles. The van der Waals surface area contributed by atoms with E-state index in [2.05, 4.69) is 4.90 Å². The molecule has 21 heavy (non-hydrogen) atoms. The zero-order chi connectivity index (χ0) is 16.0. The Morgan fingerprint density at radius 2 is 2.05 bits per heavy atom. The third-order valence-corrected chi connectivity index (χ3v) is 4.50. The molecule has 1 saturated heterocycles. The van der Waals surface area contributed by atoms with Crippen molar-refractivity contribution in [1.29, 1.82) is 0 Å². The molecule has 1 rings (SSSR count). The van der Waals surface area contributed by atoms with Crippen molar-refractivity contribution in [2.75, 3.05) is 13.1 Å². The van der Waals surface area contributed by atoms with E-state index < -0.39 is 18.6 Å². The highest BCUT2D eigenvalue weighted by Crippen LogP contribution is 2.29. The fraction of sp³-hybridized carbons (Fsp3) is 0.933. The molecule has 3 unspecified atom stereocenters. The minimum Gasteiger partial charge on any atom is -0.481 e. The second-order valence-corrected chi connectivity index (χ2v) is 6.33. The topological polar surface area (TPSA) is 40.5 Å². The average molecular weight is 309 g/mol. The van der Waals surface area contributed by atoms with E-state index in [1.807, 2.05) is 13.8 Å². The fourth-order valence-electron chi connectivity index (χ4n) is 3.13. The molecule has 1 aliphatic rings. The van der Waals surface area contributed by atoms with E-state index in [0.29, 0.717) is 12.3 Å². The Hall–Kier alpha value is -0.780. The third kappa shape index (κ3) is 7.16. The monoisotopic (exact) mass is 309 g/mol. The molecule has 1 fully saturated rings. The molecule has 0 aromatic carbocycles. The molecular formula is C15H26F3NO2. The molecule has 0 aromatic heterocycles. The molecule has 0 aromatic rings. The molecule has 0 spiro atoms. The van der Waals surface area contributed by atoms with Crippen molar-refractivity contribution in [2.45, 2.75) is 64.6 Å². The molecule has 0 amide bonds. The number of carboxylic acid groups (broad SMARTS) is 1.